The molecule has 2 aliphatic rings. The van der Waals surface area contributed by atoms with Gasteiger partial charge in [0, 0.05) is 29.2 Å². The number of rotatable bonds is 4. The van der Waals surface area contributed by atoms with Crippen molar-refractivity contribution in [3.63, 3.8) is 0 Å². The molecule has 3 aromatic rings. The van der Waals surface area contributed by atoms with E-state index in [0.29, 0.717) is 23.8 Å². The van der Waals surface area contributed by atoms with E-state index in [1.54, 1.807) is 0 Å². The van der Waals surface area contributed by atoms with Gasteiger partial charge in [-0.05, 0) is 61.2 Å². The van der Waals surface area contributed by atoms with Gasteiger partial charge < -0.3 is 9.47 Å². The molecule has 0 spiro atoms. The molecular formula is C27H24ClNO3. The lowest BCUT2D eigenvalue weighted by molar-refractivity contribution is 0.0954. The number of hydrogen-bond donors (Lipinski definition) is 0. The standard InChI is InChI=1S/C27H24ClNO3/c1-17-5-3-4-6-20(17)14-24-25(30)23-13-21-15-29(12-11-19-7-9-22(28)10-8-19)16-31-26(21)18(2)27(23)32-24/h3-10,13-14H,11-12,15-16H2,1-2H3/b24-14-. The second-order valence-electron chi connectivity index (χ2n) is 8.37. The van der Waals surface area contributed by atoms with Crippen LogP contribution in [0.3, 0.4) is 0 Å². The third-order valence-corrected chi connectivity index (χ3v) is 6.36. The van der Waals surface area contributed by atoms with Crippen LogP contribution in [0.15, 0.2) is 60.4 Å². The molecule has 0 saturated carbocycles. The van der Waals surface area contributed by atoms with Gasteiger partial charge in [-0.3, -0.25) is 9.69 Å². The summed E-state index contributed by atoms with van der Waals surface area (Å²) >= 11 is 5.98. The average molecular weight is 446 g/mol. The molecule has 2 aliphatic heterocycles. The lowest BCUT2D eigenvalue weighted by Gasteiger charge is -2.30. The molecule has 0 atom stereocenters. The summed E-state index contributed by atoms with van der Waals surface area (Å²) in [5.74, 6) is 1.73. The van der Waals surface area contributed by atoms with Gasteiger partial charge in [0.25, 0.3) is 0 Å². The Morgan fingerprint density at radius 2 is 1.84 bits per heavy atom. The van der Waals surface area contributed by atoms with E-state index < -0.39 is 0 Å². The van der Waals surface area contributed by atoms with E-state index in [1.807, 2.05) is 62.4 Å². The van der Waals surface area contributed by atoms with Crippen LogP contribution in [0.4, 0.5) is 0 Å². The van der Waals surface area contributed by atoms with Gasteiger partial charge in [-0.25, -0.2) is 0 Å². The Morgan fingerprint density at radius 3 is 2.62 bits per heavy atom. The molecule has 0 bridgehead atoms. The Balaban J connectivity index is 1.36. The number of Topliss-reactive ketones (excluding diaryl/α,β-unsaturated/α-hetero) is 1. The molecule has 0 saturated heterocycles. The molecule has 2 heterocycles. The largest absolute Gasteiger partial charge is 0.477 e. The van der Waals surface area contributed by atoms with Crippen molar-refractivity contribution < 1.29 is 14.3 Å². The van der Waals surface area contributed by atoms with Gasteiger partial charge in [-0.2, -0.15) is 0 Å². The number of nitrogens with zero attached hydrogens (tertiary/aromatic N) is 1. The second-order valence-corrected chi connectivity index (χ2v) is 8.80. The van der Waals surface area contributed by atoms with Crippen molar-refractivity contribution in [3.8, 4) is 11.5 Å². The first-order chi connectivity index (χ1) is 15.5. The van der Waals surface area contributed by atoms with Gasteiger partial charge in [0.2, 0.25) is 5.78 Å². The Hall–Kier alpha value is -3.08. The molecular weight excluding hydrogens is 422 g/mol. The Bertz CT molecular complexity index is 1230. The van der Waals surface area contributed by atoms with Crippen LogP contribution in [-0.2, 0) is 13.0 Å². The maximum atomic E-state index is 13.1. The monoisotopic (exact) mass is 445 g/mol. The van der Waals surface area contributed by atoms with Crippen molar-refractivity contribution in [2.75, 3.05) is 13.3 Å². The molecule has 0 fully saturated rings. The molecule has 5 rings (SSSR count). The molecule has 0 unspecified atom stereocenters. The third-order valence-electron chi connectivity index (χ3n) is 6.11. The fourth-order valence-corrected chi connectivity index (χ4v) is 4.39. The first-order valence-electron chi connectivity index (χ1n) is 10.8. The van der Waals surface area contributed by atoms with E-state index in [0.717, 1.165) is 52.5 Å². The van der Waals surface area contributed by atoms with Crippen molar-refractivity contribution in [2.24, 2.45) is 0 Å². The van der Waals surface area contributed by atoms with E-state index in [4.69, 9.17) is 21.1 Å². The molecule has 0 aromatic heterocycles. The first kappa shape index (κ1) is 20.8. The summed E-state index contributed by atoms with van der Waals surface area (Å²) in [6.45, 7) is 6.10. The summed E-state index contributed by atoms with van der Waals surface area (Å²) in [6, 6.07) is 17.8. The van der Waals surface area contributed by atoms with Crippen molar-refractivity contribution in [2.45, 2.75) is 26.8 Å². The lowest BCUT2D eigenvalue weighted by Crippen LogP contribution is -2.34. The Labute approximate surface area is 193 Å². The molecule has 0 radical (unpaired) electrons. The number of ketones is 1. The number of benzene rings is 3. The van der Waals surface area contributed by atoms with Crippen LogP contribution in [0.5, 0.6) is 11.5 Å². The minimum absolute atomic E-state index is 0.0764. The molecule has 5 heteroatoms. The fourth-order valence-electron chi connectivity index (χ4n) is 4.27. The highest BCUT2D eigenvalue weighted by Crippen LogP contribution is 2.43. The van der Waals surface area contributed by atoms with Gasteiger partial charge in [-0.15, -0.1) is 0 Å². The normalized spacial score (nSPS) is 16.5. The van der Waals surface area contributed by atoms with Gasteiger partial charge in [-0.1, -0.05) is 48.0 Å². The molecule has 0 aliphatic carbocycles. The second kappa shape index (κ2) is 8.45. The maximum absolute atomic E-state index is 13.1. The predicted octanol–water partition coefficient (Wildman–Crippen LogP) is 5.97. The van der Waals surface area contributed by atoms with Crippen LogP contribution in [0.2, 0.25) is 5.02 Å². The average Bonchev–Trinajstić information content (AvgIpc) is 3.10. The zero-order chi connectivity index (χ0) is 22.2. The maximum Gasteiger partial charge on any atom is 0.231 e. The van der Waals surface area contributed by atoms with Crippen LogP contribution in [0.1, 0.15) is 38.2 Å². The van der Waals surface area contributed by atoms with E-state index in [1.165, 1.54) is 5.56 Å². The summed E-state index contributed by atoms with van der Waals surface area (Å²) in [4.78, 5) is 15.4. The zero-order valence-electron chi connectivity index (χ0n) is 18.2. The summed E-state index contributed by atoms with van der Waals surface area (Å²) in [5.41, 5.74) is 5.84. The number of allylic oxidation sites excluding steroid dienone is 1. The number of ether oxygens (including phenoxy) is 2. The van der Waals surface area contributed by atoms with Crippen LogP contribution < -0.4 is 9.47 Å². The van der Waals surface area contributed by atoms with Gasteiger partial charge in [0.15, 0.2) is 5.76 Å². The highest BCUT2D eigenvalue weighted by atomic mass is 35.5. The van der Waals surface area contributed by atoms with E-state index in [2.05, 4.69) is 17.0 Å². The lowest BCUT2D eigenvalue weighted by atomic mass is 9.99. The Kier molecular flexibility index (Phi) is 5.50. The summed E-state index contributed by atoms with van der Waals surface area (Å²) in [6.07, 6.45) is 2.74. The number of carbonyl (C=O) groups excluding carboxylic acids is 1. The molecule has 0 N–H and O–H groups in total. The molecule has 32 heavy (non-hydrogen) atoms. The van der Waals surface area contributed by atoms with Crippen molar-refractivity contribution >= 4 is 23.5 Å². The van der Waals surface area contributed by atoms with Gasteiger partial charge in [0.05, 0.1) is 5.56 Å². The van der Waals surface area contributed by atoms with E-state index in [9.17, 15) is 4.79 Å². The summed E-state index contributed by atoms with van der Waals surface area (Å²) < 4.78 is 12.1. The van der Waals surface area contributed by atoms with Gasteiger partial charge >= 0.3 is 0 Å². The minimum Gasteiger partial charge on any atom is -0.477 e. The van der Waals surface area contributed by atoms with Crippen molar-refractivity contribution in [3.05, 3.63) is 98.8 Å². The highest BCUT2D eigenvalue weighted by molar-refractivity contribution is 6.30. The number of aryl methyl sites for hydroxylation is 1. The predicted molar refractivity (Wildman–Crippen MR) is 126 cm³/mol. The molecule has 162 valence electrons. The molecule has 0 amide bonds. The smallest absolute Gasteiger partial charge is 0.231 e. The topological polar surface area (TPSA) is 38.8 Å². The van der Waals surface area contributed by atoms with Gasteiger partial charge in [0.1, 0.15) is 18.2 Å². The number of halogens is 1. The van der Waals surface area contributed by atoms with Crippen LogP contribution >= 0.6 is 11.6 Å². The summed E-state index contributed by atoms with van der Waals surface area (Å²) in [7, 11) is 0. The SMILES string of the molecule is Cc1ccccc1/C=C1\Oc2c(cc3c(c2C)OCN(CCc2ccc(Cl)cc2)C3)C1=O. The van der Waals surface area contributed by atoms with Crippen LogP contribution in [0.25, 0.3) is 6.08 Å². The quantitative estimate of drug-likeness (QED) is 0.464. The number of carbonyl (C=O) groups is 1. The minimum atomic E-state index is -0.0764. The molecule has 4 nitrogen and oxygen atoms in total. The zero-order valence-corrected chi connectivity index (χ0v) is 18.9. The molecule has 3 aromatic carbocycles. The van der Waals surface area contributed by atoms with Crippen LogP contribution in [-0.4, -0.2) is 24.0 Å². The van der Waals surface area contributed by atoms with Crippen molar-refractivity contribution in [1.29, 1.82) is 0 Å². The number of fused-ring (bicyclic) bond motifs is 2. The third kappa shape index (κ3) is 3.92. The van der Waals surface area contributed by atoms with E-state index >= 15 is 0 Å². The van der Waals surface area contributed by atoms with Crippen LogP contribution in [0, 0.1) is 13.8 Å². The Morgan fingerprint density at radius 1 is 1.06 bits per heavy atom. The van der Waals surface area contributed by atoms with E-state index in [-0.39, 0.29) is 5.78 Å². The first-order valence-corrected chi connectivity index (χ1v) is 11.1. The number of hydrogen-bond acceptors (Lipinski definition) is 4. The highest BCUT2D eigenvalue weighted by Gasteiger charge is 2.33. The fraction of sp³-hybridized carbons (Fsp3) is 0.222. The van der Waals surface area contributed by atoms with Crippen molar-refractivity contribution in [1.82, 2.24) is 4.90 Å². The summed E-state index contributed by atoms with van der Waals surface area (Å²) in [5, 5.41) is 0.746.